The van der Waals surface area contributed by atoms with E-state index < -0.39 is 35.3 Å². The van der Waals surface area contributed by atoms with E-state index in [1.54, 1.807) is 0 Å². The number of rotatable bonds is 6. The SMILES string of the molecule is CC(C)S(=O)NC1CCC(C(=O)NC2CC=C(F)C(OC(F)(F)F)C2)CC1. The van der Waals surface area contributed by atoms with Gasteiger partial charge in [0, 0.05) is 29.7 Å². The molecule has 0 spiro atoms. The van der Waals surface area contributed by atoms with Gasteiger partial charge in [0.1, 0.15) is 11.9 Å². The standard InChI is InChI=1S/C17H26F4N2O3S/c1-10(2)27(25)23-12-5-3-11(4-6-12)16(24)22-13-7-8-14(18)15(9-13)26-17(19,20)21/h8,10-13,15,23H,3-7,9H2,1-2H3,(H,22,24). The van der Waals surface area contributed by atoms with Crippen LogP contribution in [0.3, 0.4) is 0 Å². The summed E-state index contributed by atoms with van der Waals surface area (Å²) < 4.78 is 69.2. The highest BCUT2D eigenvalue weighted by molar-refractivity contribution is 7.83. The molecule has 0 bridgehead atoms. The first-order valence-corrected chi connectivity index (χ1v) is 10.3. The Balaban J connectivity index is 1.80. The molecule has 2 N–H and O–H groups in total. The number of amides is 1. The van der Waals surface area contributed by atoms with E-state index in [0.29, 0.717) is 25.7 Å². The first-order valence-electron chi connectivity index (χ1n) is 9.12. The molecule has 1 saturated carbocycles. The van der Waals surface area contributed by atoms with Gasteiger partial charge in [-0.25, -0.2) is 13.3 Å². The molecule has 2 rings (SSSR count). The number of hydrogen-bond acceptors (Lipinski definition) is 3. The van der Waals surface area contributed by atoms with Crippen LogP contribution in [0.1, 0.15) is 52.4 Å². The Morgan fingerprint density at radius 1 is 1.22 bits per heavy atom. The number of hydrogen-bond donors (Lipinski definition) is 2. The molecule has 0 radical (unpaired) electrons. The molecule has 0 aromatic carbocycles. The minimum absolute atomic E-state index is 0.0117. The molecule has 0 aromatic rings. The monoisotopic (exact) mass is 414 g/mol. The molecule has 0 aliphatic heterocycles. The summed E-state index contributed by atoms with van der Waals surface area (Å²) in [6, 6.07) is -0.498. The zero-order chi connectivity index (χ0) is 20.2. The Morgan fingerprint density at radius 3 is 2.41 bits per heavy atom. The van der Waals surface area contributed by atoms with E-state index in [9.17, 15) is 26.6 Å². The van der Waals surface area contributed by atoms with Gasteiger partial charge in [0.25, 0.3) is 0 Å². The average molecular weight is 414 g/mol. The second-order valence-corrected chi connectivity index (χ2v) is 9.10. The summed E-state index contributed by atoms with van der Waals surface area (Å²) in [5, 5.41) is 2.73. The van der Waals surface area contributed by atoms with E-state index in [0.717, 1.165) is 6.08 Å². The number of carbonyl (C=O) groups excluding carboxylic acids is 1. The summed E-state index contributed by atoms with van der Waals surface area (Å²) in [4.78, 5) is 12.4. The summed E-state index contributed by atoms with van der Waals surface area (Å²) in [5.74, 6) is -1.43. The van der Waals surface area contributed by atoms with Crippen LogP contribution < -0.4 is 10.0 Å². The molecule has 0 aromatic heterocycles. The summed E-state index contributed by atoms with van der Waals surface area (Å²) in [7, 11) is -1.11. The number of carbonyl (C=O) groups is 1. The highest BCUT2D eigenvalue weighted by Crippen LogP contribution is 2.30. The molecule has 10 heteroatoms. The molecular weight excluding hydrogens is 388 g/mol. The van der Waals surface area contributed by atoms with Gasteiger partial charge in [-0.05, 0) is 52.0 Å². The van der Waals surface area contributed by atoms with Crippen molar-refractivity contribution in [1.29, 1.82) is 0 Å². The molecular formula is C17H26F4N2O3S. The van der Waals surface area contributed by atoms with Crippen molar-refractivity contribution in [3.05, 3.63) is 11.9 Å². The van der Waals surface area contributed by atoms with Crippen LogP contribution in [0.15, 0.2) is 11.9 Å². The molecule has 1 amide bonds. The van der Waals surface area contributed by atoms with Gasteiger partial charge in [0.2, 0.25) is 5.91 Å². The smallest absolute Gasteiger partial charge is 0.353 e. The Bertz CT molecular complexity index is 575. The molecule has 0 saturated heterocycles. The maximum atomic E-state index is 13.5. The van der Waals surface area contributed by atoms with Gasteiger partial charge in [-0.3, -0.25) is 9.53 Å². The lowest BCUT2D eigenvalue weighted by molar-refractivity contribution is -0.340. The first kappa shape index (κ1) is 22.3. The van der Waals surface area contributed by atoms with Gasteiger partial charge in [-0.15, -0.1) is 13.2 Å². The largest absolute Gasteiger partial charge is 0.523 e. The molecule has 156 valence electrons. The molecule has 1 fully saturated rings. The highest BCUT2D eigenvalue weighted by atomic mass is 32.2. The van der Waals surface area contributed by atoms with Crippen molar-refractivity contribution >= 4 is 16.9 Å². The van der Waals surface area contributed by atoms with E-state index in [1.165, 1.54) is 0 Å². The molecule has 27 heavy (non-hydrogen) atoms. The molecule has 0 heterocycles. The summed E-state index contributed by atoms with van der Waals surface area (Å²) in [5.41, 5.74) is 0. The van der Waals surface area contributed by atoms with Crippen LogP contribution in [-0.2, 0) is 20.5 Å². The highest BCUT2D eigenvalue weighted by Gasteiger charge is 2.38. The lowest BCUT2D eigenvalue weighted by Gasteiger charge is -2.31. The number of halogens is 4. The zero-order valence-electron chi connectivity index (χ0n) is 15.4. The lowest BCUT2D eigenvalue weighted by atomic mass is 9.85. The van der Waals surface area contributed by atoms with Crippen molar-refractivity contribution in [2.24, 2.45) is 5.92 Å². The molecule has 2 aliphatic rings. The Hall–Kier alpha value is -1.00. The number of alkyl halides is 3. The van der Waals surface area contributed by atoms with Crippen molar-refractivity contribution in [2.45, 2.75) is 82.2 Å². The summed E-state index contributed by atoms with van der Waals surface area (Å²) >= 11 is 0. The molecule has 3 unspecified atom stereocenters. The third kappa shape index (κ3) is 7.15. The van der Waals surface area contributed by atoms with Gasteiger partial charge in [0.15, 0.2) is 0 Å². The second-order valence-electron chi connectivity index (χ2n) is 7.33. The zero-order valence-corrected chi connectivity index (χ0v) is 16.2. The predicted octanol–water partition coefficient (Wildman–Crippen LogP) is 3.24. The van der Waals surface area contributed by atoms with E-state index >= 15 is 0 Å². The van der Waals surface area contributed by atoms with Gasteiger partial charge < -0.3 is 5.32 Å². The minimum atomic E-state index is -4.93. The van der Waals surface area contributed by atoms with Crippen LogP contribution in [0.2, 0.25) is 0 Å². The van der Waals surface area contributed by atoms with E-state index in [-0.39, 0.29) is 36.0 Å². The third-order valence-corrected chi connectivity index (χ3v) is 6.26. The Labute approximate surface area is 158 Å². The minimum Gasteiger partial charge on any atom is -0.353 e. The van der Waals surface area contributed by atoms with Crippen molar-refractivity contribution in [2.75, 3.05) is 0 Å². The van der Waals surface area contributed by atoms with Crippen molar-refractivity contribution in [3.63, 3.8) is 0 Å². The predicted molar refractivity (Wildman–Crippen MR) is 93.4 cm³/mol. The Kier molecular flexibility index (Phi) is 7.82. The fourth-order valence-electron chi connectivity index (χ4n) is 3.33. The Morgan fingerprint density at radius 2 is 1.85 bits per heavy atom. The normalized spacial score (nSPS) is 30.7. The molecule has 2 aliphatic carbocycles. The first-order chi connectivity index (χ1) is 12.5. The maximum absolute atomic E-state index is 13.5. The quantitative estimate of drug-likeness (QED) is 0.656. The van der Waals surface area contributed by atoms with Crippen molar-refractivity contribution < 1.29 is 31.3 Å². The second kappa shape index (κ2) is 9.47. The van der Waals surface area contributed by atoms with Gasteiger partial charge in [-0.2, -0.15) is 0 Å². The topological polar surface area (TPSA) is 67.4 Å². The third-order valence-electron chi connectivity index (χ3n) is 4.83. The number of ether oxygens (including phenoxy) is 1. The van der Waals surface area contributed by atoms with Gasteiger partial charge in [-0.1, -0.05) is 0 Å². The molecule has 5 nitrogen and oxygen atoms in total. The maximum Gasteiger partial charge on any atom is 0.523 e. The van der Waals surface area contributed by atoms with Crippen molar-refractivity contribution in [1.82, 2.24) is 10.0 Å². The van der Waals surface area contributed by atoms with Crippen LogP contribution >= 0.6 is 0 Å². The molecule has 3 atom stereocenters. The van der Waals surface area contributed by atoms with Crippen molar-refractivity contribution in [3.8, 4) is 0 Å². The van der Waals surface area contributed by atoms with Gasteiger partial charge in [0.05, 0.1) is 11.0 Å². The van der Waals surface area contributed by atoms with E-state index in [1.807, 2.05) is 13.8 Å². The summed E-state index contributed by atoms with van der Waals surface area (Å²) in [6.07, 6.45) is -3.09. The average Bonchev–Trinajstić information content (AvgIpc) is 2.57. The van der Waals surface area contributed by atoms with Crippen LogP contribution in [0.5, 0.6) is 0 Å². The fourth-order valence-corrected chi connectivity index (χ4v) is 4.17. The van der Waals surface area contributed by atoms with Crippen LogP contribution in [0, 0.1) is 5.92 Å². The fraction of sp³-hybridized carbons (Fsp3) is 0.824. The lowest BCUT2D eigenvalue weighted by Crippen LogP contribution is -2.45. The van der Waals surface area contributed by atoms with Crippen LogP contribution in [0.4, 0.5) is 17.6 Å². The van der Waals surface area contributed by atoms with Crippen LogP contribution in [0.25, 0.3) is 0 Å². The van der Waals surface area contributed by atoms with Crippen LogP contribution in [-0.4, -0.2) is 39.9 Å². The van der Waals surface area contributed by atoms with E-state index in [2.05, 4.69) is 14.8 Å². The summed E-state index contributed by atoms with van der Waals surface area (Å²) in [6.45, 7) is 3.72. The number of nitrogens with one attached hydrogen (secondary N) is 2. The van der Waals surface area contributed by atoms with Gasteiger partial charge >= 0.3 is 6.36 Å². The van der Waals surface area contributed by atoms with E-state index in [4.69, 9.17) is 0 Å².